The normalized spacial score (nSPS) is 21.2. The highest BCUT2D eigenvalue weighted by atomic mass is 127. The summed E-state index contributed by atoms with van der Waals surface area (Å²) in [5.74, 6) is 1.53. The molecular formula is C17H30IN5O2. The summed E-state index contributed by atoms with van der Waals surface area (Å²) in [7, 11) is 0. The van der Waals surface area contributed by atoms with Gasteiger partial charge in [-0.05, 0) is 38.8 Å². The first-order chi connectivity index (χ1) is 11.4. The predicted octanol–water partition coefficient (Wildman–Crippen LogP) is 1.78. The van der Waals surface area contributed by atoms with Gasteiger partial charge in [-0.1, -0.05) is 6.92 Å². The molecule has 0 saturated carbocycles. The van der Waals surface area contributed by atoms with Crippen LogP contribution in [-0.2, 0) is 6.54 Å². The first-order valence-corrected chi connectivity index (χ1v) is 8.58. The molecule has 1 aliphatic rings. The van der Waals surface area contributed by atoms with Gasteiger partial charge in [0.2, 0.25) is 0 Å². The van der Waals surface area contributed by atoms with Crippen LogP contribution in [0.4, 0.5) is 0 Å². The lowest BCUT2D eigenvalue weighted by Gasteiger charge is -2.21. The molecule has 0 bridgehead atoms. The summed E-state index contributed by atoms with van der Waals surface area (Å²) in [6.45, 7) is 12.0. The third-order valence-electron chi connectivity index (χ3n) is 4.33. The standard InChI is InChI=1S/C17H29N5O2.HI/c1-5-19-17(20-8-13-6-7-15(24-13)16(18)23)21-14-10-22(11(2)3)9-12(14)4;/h6-7,11-12,14H,5,8-10H2,1-4H3,(H2,18,23)(H2,19,20,21);1H. The molecule has 2 unspecified atom stereocenters. The topological polar surface area (TPSA) is 95.9 Å². The van der Waals surface area contributed by atoms with Gasteiger partial charge in [-0.15, -0.1) is 24.0 Å². The Morgan fingerprint density at radius 2 is 2.16 bits per heavy atom. The molecule has 2 atom stereocenters. The monoisotopic (exact) mass is 463 g/mol. The molecule has 2 rings (SSSR count). The molecule has 142 valence electrons. The Kier molecular flexibility index (Phi) is 8.70. The van der Waals surface area contributed by atoms with E-state index in [1.807, 2.05) is 6.92 Å². The Bertz CT molecular complexity index is 587. The van der Waals surface area contributed by atoms with Gasteiger partial charge in [-0.3, -0.25) is 9.69 Å². The van der Waals surface area contributed by atoms with Gasteiger partial charge in [-0.25, -0.2) is 4.99 Å². The van der Waals surface area contributed by atoms with E-state index >= 15 is 0 Å². The van der Waals surface area contributed by atoms with Crippen LogP contribution < -0.4 is 16.4 Å². The quantitative estimate of drug-likeness (QED) is 0.340. The van der Waals surface area contributed by atoms with E-state index in [-0.39, 0.29) is 29.7 Å². The van der Waals surface area contributed by atoms with Crippen molar-refractivity contribution < 1.29 is 9.21 Å². The van der Waals surface area contributed by atoms with E-state index in [2.05, 4.69) is 41.3 Å². The van der Waals surface area contributed by atoms with Crippen LogP contribution in [0, 0.1) is 5.92 Å². The predicted molar refractivity (Wildman–Crippen MR) is 110 cm³/mol. The van der Waals surface area contributed by atoms with Crippen molar-refractivity contribution in [3.8, 4) is 0 Å². The van der Waals surface area contributed by atoms with Crippen molar-refractivity contribution in [3.63, 3.8) is 0 Å². The Labute approximate surface area is 166 Å². The Morgan fingerprint density at radius 3 is 2.68 bits per heavy atom. The van der Waals surface area contributed by atoms with Crippen LogP contribution in [0.5, 0.6) is 0 Å². The van der Waals surface area contributed by atoms with E-state index in [0.29, 0.717) is 30.3 Å². The lowest BCUT2D eigenvalue weighted by atomic mass is 10.1. The van der Waals surface area contributed by atoms with Crippen molar-refractivity contribution >= 4 is 35.8 Å². The molecule has 1 aromatic heterocycles. The second-order valence-electron chi connectivity index (χ2n) is 6.60. The van der Waals surface area contributed by atoms with Crippen LogP contribution >= 0.6 is 24.0 Å². The lowest BCUT2D eigenvalue weighted by molar-refractivity contribution is 0.0972. The molecule has 1 amide bonds. The van der Waals surface area contributed by atoms with Crippen LogP contribution in [0.3, 0.4) is 0 Å². The number of likely N-dealkylation sites (tertiary alicyclic amines) is 1. The first kappa shape index (κ1) is 21.8. The number of carbonyl (C=O) groups excluding carboxylic acids is 1. The Hall–Kier alpha value is -1.29. The van der Waals surface area contributed by atoms with Gasteiger partial charge in [0.1, 0.15) is 12.3 Å². The highest BCUT2D eigenvalue weighted by Gasteiger charge is 2.31. The van der Waals surface area contributed by atoms with Gasteiger partial charge in [0.25, 0.3) is 5.91 Å². The van der Waals surface area contributed by atoms with Gasteiger partial charge in [-0.2, -0.15) is 0 Å². The number of rotatable bonds is 6. The van der Waals surface area contributed by atoms with Gasteiger partial charge in [0.15, 0.2) is 11.7 Å². The third-order valence-corrected chi connectivity index (χ3v) is 4.33. The highest BCUT2D eigenvalue weighted by molar-refractivity contribution is 14.0. The van der Waals surface area contributed by atoms with Crippen molar-refractivity contribution in [2.75, 3.05) is 19.6 Å². The summed E-state index contributed by atoms with van der Waals surface area (Å²) in [6.07, 6.45) is 0. The first-order valence-electron chi connectivity index (χ1n) is 8.58. The molecule has 4 N–H and O–H groups in total. The van der Waals surface area contributed by atoms with Crippen LogP contribution in [0.1, 0.15) is 44.0 Å². The van der Waals surface area contributed by atoms with E-state index < -0.39 is 5.91 Å². The number of nitrogens with two attached hydrogens (primary N) is 1. The number of nitrogens with zero attached hydrogens (tertiary/aromatic N) is 2. The van der Waals surface area contributed by atoms with E-state index in [4.69, 9.17) is 10.2 Å². The number of aliphatic imine (C=N–C) groups is 1. The van der Waals surface area contributed by atoms with Crippen molar-refractivity contribution in [1.29, 1.82) is 0 Å². The number of primary amides is 1. The molecule has 0 aliphatic carbocycles. The van der Waals surface area contributed by atoms with Crippen LogP contribution in [-0.4, -0.2) is 48.5 Å². The number of amides is 1. The summed E-state index contributed by atoms with van der Waals surface area (Å²) in [6, 6.07) is 4.22. The maximum atomic E-state index is 11.1. The van der Waals surface area contributed by atoms with Crippen molar-refractivity contribution in [2.24, 2.45) is 16.6 Å². The minimum atomic E-state index is -0.566. The van der Waals surface area contributed by atoms with Crippen molar-refractivity contribution in [1.82, 2.24) is 15.5 Å². The van der Waals surface area contributed by atoms with Crippen molar-refractivity contribution in [2.45, 2.75) is 46.3 Å². The largest absolute Gasteiger partial charge is 0.454 e. The Morgan fingerprint density at radius 1 is 1.44 bits per heavy atom. The van der Waals surface area contributed by atoms with Crippen LogP contribution in [0.2, 0.25) is 0 Å². The number of carbonyl (C=O) groups is 1. The molecule has 8 heteroatoms. The highest BCUT2D eigenvalue weighted by Crippen LogP contribution is 2.18. The maximum Gasteiger partial charge on any atom is 0.284 e. The molecule has 1 fully saturated rings. The molecule has 1 saturated heterocycles. The molecule has 25 heavy (non-hydrogen) atoms. The fraction of sp³-hybridized carbons (Fsp3) is 0.647. The molecule has 0 radical (unpaired) electrons. The zero-order valence-electron chi connectivity index (χ0n) is 15.4. The second kappa shape index (κ2) is 10.0. The van der Waals surface area contributed by atoms with Gasteiger partial charge in [0, 0.05) is 31.7 Å². The van der Waals surface area contributed by atoms with E-state index in [9.17, 15) is 4.79 Å². The minimum absolute atomic E-state index is 0. The van der Waals surface area contributed by atoms with Gasteiger partial charge in [0.05, 0.1) is 0 Å². The van der Waals surface area contributed by atoms with Gasteiger partial charge < -0.3 is 20.8 Å². The van der Waals surface area contributed by atoms with E-state index in [1.54, 1.807) is 12.1 Å². The smallest absolute Gasteiger partial charge is 0.284 e. The zero-order chi connectivity index (χ0) is 17.7. The van der Waals surface area contributed by atoms with E-state index in [0.717, 1.165) is 25.6 Å². The summed E-state index contributed by atoms with van der Waals surface area (Å²) < 4.78 is 5.37. The molecule has 0 spiro atoms. The third kappa shape index (κ3) is 6.18. The fourth-order valence-electron chi connectivity index (χ4n) is 2.86. The number of nitrogens with one attached hydrogen (secondary N) is 2. The van der Waals surface area contributed by atoms with E-state index in [1.165, 1.54) is 0 Å². The number of furan rings is 1. The average Bonchev–Trinajstić information content (AvgIpc) is 3.12. The lowest BCUT2D eigenvalue weighted by Crippen LogP contribution is -2.46. The molecule has 1 aliphatic heterocycles. The fourth-order valence-corrected chi connectivity index (χ4v) is 2.86. The maximum absolute atomic E-state index is 11.1. The van der Waals surface area contributed by atoms with Crippen LogP contribution in [0.25, 0.3) is 0 Å². The summed E-state index contributed by atoms with van der Waals surface area (Å²) in [5.41, 5.74) is 5.19. The Balaban J connectivity index is 0.00000312. The second-order valence-corrected chi connectivity index (χ2v) is 6.60. The molecule has 2 heterocycles. The summed E-state index contributed by atoms with van der Waals surface area (Å²) >= 11 is 0. The van der Waals surface area contributed by atoms with Crippen LogP contribution in [0.15, 0.2) is 21.5 Å². The molecule has 0 aromatic carbocycles. The SMILES string of the molecule is CCNC(=NCc1ccc(C(N)=O)o1)NC1CN(C(C)C)CC1C.I. The minimum Gasteiger partial charge on any atom is -0.454 e. The number of guanidine groups is 1. The van der Waals surface area contributed by atoms with Gasteiger partial charge >= 0.3 is 0 Å². The number of hydrogen-bond donors (Lipinski definition) is 3. The zero-order valence-corrected chi connectivity index (χ0v) is 17.7. The summed E-state index contributed by atoms with van der Waals surface area (Å²) in [4.78, 5) is 18.1. The molecule has 1 aromatic rings. The molecule has 7 nitrogen and oxygen atoms in total. The number of halogens is 1. The molecular weight excluding hydrogens is 433 g/mol. The van der Waals surface area contributed by atoms with Crippen molar-refractivity contribution in [3.05, 3.63) is 23.7 Å². The number of hydrogen-bond acceptors (Lipinski definition) is 4. The average molecular weight is 463 g/mol. The summed E-state index contributed by atoms with van der Waals surface area (Å²) in [5, 5.41) is 6.78.